The van der Waals surface area contributed by atoms with Gasteiger partial charge in [-0.2, -0.15) is 0 Å². The van der Waals surface area contributed by atoms with Crippen molar-refractivity contribution in [1.82, 2.24) is 37.2 Å². The van der Waals surface area contributed by atoms with Crippen molar-refractivity contribution >= 4 is 161 Å². The van der Waals surface area contributed by atoms with E-state index in [1.807, 2.05) is 48.6 Å². The first-order valence-corrected chi connectivity index (χ1v) is 64.0. The quantitative estimate of drug-likeness (QED) is 0.0129. The standard InChI is InChI=1S/C21H37NO2S.C19H33NO2S.C15H25NO2S.C14H23NO2S.C14H23NO2.C14H22O2S.C12H19NO2.C11H17NO2S/c1-2-3-4-5-6-7-8-9-10-11-12-13-14-15-16-17-18-19-20(23)22-21(24)25-19;1-2-3-4-5-6-7-8-9-10-11-12-13-14-15-16-17-18(21)20-19(22)23-17;1-2-3-4-5-6-7-8-9-10-11-12-13-14(17)16-15(18)19-13;1-2-3-4-5-6-7-8-9-10-11-12-13(16)15-14(17)18-12;1-2-3-4-5-6-7-8-9-10-12-11-13(16)15-14(12)17;1-2-3-4-5-6-7-8-9-10-13-12(15)11-14(16)17-13;1-2-3-4-5-6-7-8-10-9-11(14)13-12(10)15;1-2-3-4-5-6-7-8-9-10(13)12-11(14)15-9/h18H,2-17H2,1H3,(H,22,23,24);16H,2-15H2,1H3,(H,20,21,22);12H,2-11H2,1H3,(H,16,17,18);11H,2-10H2,1H3,(H,15,16,17);10H,2-9,11H2,1H3,(H,15,16,17);10H,2-9,11H2,1H3;8H,2-7,9H2,1H3,(H,13,14,15);8H,2-7H2,1H3,(H,12,13,14)/b19-18-;17-16-;13-12-;12-11-;12-10+;13-10-;10-8+;9-8-. The second-order valence-corrected chi connectivity index (χ2v) is 46.3. The molecule has 8 heterocycles. The lowest BCUT2D eigenvalue weighted by Gasteiger charge is -2.03. The van der Waals surface area contributed by atoms with Crippen LogP contribution in [0.2, 0.25) is 0 Å². The number of hydrogen-bond donors (Lipinski definition) is 7. The van der Waals surface area contributed by atoms with Gasteiger partial charge in [0.05, 0.1) is 48.7 Å². The SMILES string of the molecule is CCCCCCC/C=C1\CC(=O)NC1=O.CCCCCCC/C=C1\SC(=O)NC1=O.CCCCCCCCC/C=C1\CC(=O)NC1=O.CCCCCCCCC/C=C1\SC(=O)CC1=O.CCCCCCCCCC/C=C1\SC(=O)NC1=O.CCCCCCCCCCC/C=C1\SC(=O)NC1=O.CCCCCCCCCCCCCCC/C=C1\SC(=O)NC1=O.CCCCCCCCCCCCCCCCC/C=C1\SC(=O)NC1=O. The largest absolute Gasteiger partial charge is 0.293 e. The number of rotatable bonds is 77. The molecule has 14 amide bonds. The van der Waals surface area contributed by atoms with Crippen molar-refractivity contribution in [3.8, 4) is 0 Å². The van der Waals surface area contributed by atoms with Crippen molar-refractivity contribution in [1.29, 1.82) is 0 Å². The van der Waals surface area contributed by atoms with Crippen LogP contribution >= 0.6 is 70.6 Å². The smallest absolute Gasteiger partial charge is 0.290 e. The lowest BCUT2D eigenvalue weighted by atomic mass is 10.0. The minimum atomic E-state index is -0.253. The lowest BCUT2D eigenvalue weighted by molar-refractivity contribution is -0.125. The molecule has 29 heteroatoms. The van der Waals surface area contributed by atoms with E-state index >= 15 is 0 Å². The minimum Gasteiger partial charge on any atom is -0.293 e. The summed E-state index contributed by atoms with van der Waals surface area (Å²) in [5, 5.41) is 14.7. The maximum absolute atomic E-state index is 11.4. The maximum Gasteiger partial charge on any atom is 0.290 e. The fourth-order valence-electron chi connectivity index (χ4n) is 17.3. The zero-order valence-corrected chi connectivity index (χ0v) is 98.6. The van der Waals surface area contributed by atoms with Gasteiger partial charge >= 0.3 is 0 Å². The number of ketones is 1. The number of nitrogens with one attached hydrogen (secondary N) is 7. The fourth-order valence-corrected chi connectivity index (χ4v) is 21.6. The van der Waals surface area contributed by atoms with Crippen molar-refractivity contribution in [2.75, 3.05) is 0 Å². The molecule has 149 heavy (non-hydrogen) atoms. The van der Waals surface area contributed by atoms with Gasteiger partial charge in [-0.1, -0.05) is 496 Å². The van der Waals surface area contributed by atoms with Crippen LogP contribution in [0.4, 0.5) is 24.0 Å². The van der Waals surface area contributed by atoms with Crippen molar-refractivity contribution < 1.29 is 76.7 Å². The molecular formula is C120H199N7O16S6. The molecule has 23 nitrogen and oxygen atoms in total. The molecule has 8 aliphatic rings. The van der Waals surface area contributed by atoms with Gasteiger partial charge in [-0.3, -0.25) is 114 Å². The van der Waals surface area contributed by atoms with Crippen LogP contribution in [0.25, 0.3) is 0 Å². The Morgan fingerprint density at radius 1 is 0.161 bits per heavy atom. The number of thioether (sulfide) groups is 6. The Labute approximate surface area is 926 Å². The van der Waals surface area contributed by atoms with Gasteiger partial charge in [-0.15, -0.1) is 0 Å². The molecule has 0 bridgehead atoms. The first kappa shape index (κ1) is 140. The van der Waals surface area contributed by atoms with Crippen molar-refractivity contribution in [3.63, 3.8) is 0 Å². The van der Waals surface area contributed by atoms with Crippen molar-refractivity contribution in [2.45, 2.75) is 569 Å². The summed E-state index contributed by atoms with van der Waals surface area (Å²) in [7, 11) is 0. The Kier molecular flexibility index (Phi) is 94.8. The highest BCUT2D eigenvalue weighted by molar-refractivity contribution is 8.19. The van der Waals surface area contributed by atoms with Crippen LogP contribution in [0, 0.1) is 0 Å². The first-order chi connectivity index (χ1) is 72.4. The van der Waals surface area contributed by atoms with Crippen LogP contribution in [-0.2, 0) is 52.7 Å². The number of amides is 14. The third kappa shape index (κ3) is 82.5. The number of carbonyl (C=O) groups is 16. The lowest BCUT2D eigenvalue weighted by Crippen LogP contribution is -2.19. The Morgan fingerprint density at radius 2 is 0.309 bits per heavy atom. The number of Topliss-reactive ketones (excluding diaryl/α,β-unsaturated/α-hetero) is 1. The fraction of sp³-hybridized carbons (Fsp3) is 0.733. The monoisotopic (exact) mass is 2190 g/mol. The molecule has 0 aromatic heterocycles. The molecule has 7 N–H and O–H groups in total. The van der Waals surface area contributed by atoms with Crippen LogP contribution in [0.5, 0.6) is 0 Å². The van der Waals surface area contributed by atoms with Gasteiger partial charge in [0.25, 0.3) is 67.5 Å². The van der Waals surface area contributed by atoms with Crippen LogP contribution in [0.15, 0.2) is 89.2 Å². The van der Waals surface area contributed by atoms with Crippen LogP contribution < -0.4 is 37.2 Å². The van der Waals surface area contributed by atoms with E-state index in [1.165, 1.54) is 392 Å². The predicted octanol–water partition coefficient (Wildman–Crippen LogP) is 35.5. The zero-order chi connectivity index (χ0) is 109. The van der Waals surface area contributed by atoms with E-state index in [9.17, 15) is 76.7 Å². The number of carbonyl (C=O) groups excluding carboxylic acids is 16. The predicted molar refractivity (Wildman–Crippen MR) is 629 cm³/mol. The van der Waals surface area contributed by atoms with Crippen LogP contribution in [0.3, 0.4) is 0 Å². The molecule has 8 fully saturated rings. The molecule has 0 spiro atoms. The van der Waals surface area contributed by atoms with E-state index in [0.29, 0.717) is 40.6 Å². The molecule has 0 saturated carbocycles. The third-order valence-electron chi connectivity index (χ3n) is 26.3. The Balaban J connectivity index is 0.000000856. The second-order valence-electron chi connectivity index (χ2n) is 40.1. The molecule has 0 radical (unpaired) electrons. The number of hydrogen-bond acceptors (Lipinski definition) is 22. The van der Waals surface area contributed by atoms with E-state index in [1.54, 1.807) is 0 Å². The molecule has 8 rings (SSSR count). The van der Waals surface area contributed by atoms with Gasteiger partial charge in [-0.05, 0) is 173 Å². The number of unbranched alkanes of at least 4 members (excludes halogenated alkanes) is 69. The van der Waals surface area contributed by atoms with Gasteiger partial charge in [0.15, 0.2) is 5.78 Å². The summed E-state index contributed by atoms with van der Waals surface area (Å²) in [6.45, 7) is 17.8. The average Bonchev–Trinajstić information content (AvgIpc) is 1.80. The van der Waals surface area contributed by atoms with Gasteiger partial charge in [0, 0.05) is 11.1 Å². The zero-order valence-electron chi connectivity index (χ0n) is 93.7. The maximum atomic E-state index is 11.4. The summed E-state index contributed by atoms with van der Waals surface area (Å²) in [6, 6.07) is 0. The topological polar surface area (TPSA) is 357 Å². The summed E-state index contributed by atoms with van der Waals surface area (Å²) in [4.78, 5) is 181. The van der Waals surface area contributed by atoms with Crippen molar-refractivity contribution in [3.05, 3.63) is 89.2 Å². The molecule has 0 atom stereocenters. The van der Waals surface area contributed by atoms with E-state index < -0.39 is 0 Å². The van der Waals surface area contributed by atoms with Crippen LogP contribution in [-0.4, -0.2) is 90.3 Å². The van der Waals surface area contributed by atoms with E-state index in [-0.39, 0.29) is 110 Å². The summed E-state index contributed by atoms with van der Waals surface area (Å²) in [6.07, 6.45) is 113. The Morgan fingerprint density at radius 3 is 0.436 bits per heavy atom. The normalized spacial score (nSPS) is 17.4. The molecule has 846 valence electrons. The molecule has 0 unspecified atom stereocenters. The molecule has 0 aromatic carbocycles. The number of allylic oxidation sites excluding steroid dienone is 9. The van der Waals surface area contributed by atoms with E-state index in [4.69, 9.17) is 0 Å². The third-order valence-corrected chi connectivity index (χ3v) is 31.6. The van der Waals surface area contributed by atoms with Gasteiger partial charge in [0.2, 0.25) is 16.9 Å². The van der Waals surface area contributed by atoms with Gasteiger partial charge in [-0.25, -0.2) is 0 Å². The Hall–Kier alpha value is -6.66. The molecule has 8 aliphatic heterocycles. The highest BCUT2D eigenvalue weighted by atomic mass is 32.2. The first-order valence-electron chi connectivity index (χ1n) is 59.1. The Bertz CT molecular complexity index is 3960. The second kappa shape index (κ2) is 101. The molecule has 0 aromatic rings. The van der Waals surface area contributed by atoms with E-state index in [0.717, 1.165) is 173 Å². The van der Waals surface area contributed by atoms with E-state index in [2.05, 4.69) is 92.6 Å². The van der Waals surface area contributed by atoms with Crippen molar-refractivity contribution in [2.24, 2.45) is 0 Å². The summed E-state index contributed by atoms with van der Waals surface area (Å²) in [5.41, 5.74) is 1.30. The summed E-state index contributed by atoms with van der Waals surface area (Å²) in [5.74, 6) is -1.87. The van der Waals surface area contributed by atoms with Gasteiger partial charge in [0.1, 0.15) is 0 Å². The summed E-state index contributed by atoms with van der Waals surface area (Å²) < 4.78 is 0. The highest BCUT2D eigenvalue weighted by Crippen LogP contribution is 2.33. The van der Waals surface area contributed by atoms with Gasteiger partial charge < -0.3 is 0 Å². The molecule has 8 saturated heterocycles. The number of imide groups is 7. The van der Waals surface area contributed by atoms with Crippen LogP contribution in [0.1, 0.15) is 569 Å². The molecular weight excluding hydrogens is 1990 g/mol. The molecule has 0 aliphatic carbocycles. The minimum absolute atomic E-state index is 0.000755. The highest BCUT2D eigenvalue weighted by Gasteiger charge is 2.31. The average molecular weight is 2190 g/mol. The summed E-state index contributed by atoms with van der Waals surface area (Å²) >= 11 is 6.20.